The van der Waals surface area contributed by atoms with Crippen LogP contribution in [0.4, 0.5) is 0 Å². The maximum atomic E-state index is 12.4. The van der Waals surface area contributed by atoms with E-state index < -0.39 is 0 Å². The van der Waals surface area contributed by atoms with E-state index >= 15 is 0 Å². The molecule has 1 fully saturated rings. The van der Waals surface area contributed by atoms with Gasteiger partial charge >= 0.3 is 0 Å². The van der Waals surface area contributed by atoms with Crippen molar-refractivity contribution in [1.82, 2.24) is 9.80 Å². The van der Waals surface area contributed by atoms with Crippen molar-refractivity contribution in [2.75, 3.05) is 33.8 Å². The molecule has 3 rings (SSSR count). The first-order chi connectivity index (χ1) is 13.1. The molecule has 0 spiro atoms. The van der Waals surface area contributed by atoms with Gasteiger partial charge in [0.1, 0.15) is 18.1 Å². The zero-order chi connectivity index (χ0) is 19.1. The van der Waals surface area contributed by atoms with E-state index in [1.165, 1.54) is 0 Å². The lowest BCUT2D eigenvalue weighted by atomic mass is 10.1. The number of likely N-dealkylation sites (tertiary alicyclic amines) is 1. The molecule has 27 heavy (non-hydrogen) atoms. The number of rotatable bonds is 7. The Kier molecular flexibility index (Phi) is 6.71. The molecule has 0 saturated carbocycles. The van der Waals surface area contributed by atoms with E-state index in [2.05, 4.69) is 19.0 Å². The summed E-state index contributed by atoms with van der Waals surface area (Å²) in [5.41, 5.74) is 1.13. The quantitative estimate of drug-likeness (QED) is 0.753. The van der Waals surface area contributed by atoms with Crippen LogP contribution in [0.25, 0.3) is 0 Å². The molecule has 0 N–H and O–H groups in total. The number of amides is 1. The average molecular weight is 368 g/mol. The fourth-order valence-corrected chi connectivity index (χ4v) is 3.21. The summed E-state index contributed by atoms with van der Waals surface area (Å²) in [4.78, 5) is 16.5. The molecule has 144 valence electrons. The highest BCUT2D eigenvalue weighted by Crippen LogP contribution is 2.19. The van der Waals surface area contributed by atoms with Crippen LogP contribution in [0.5, 0.6) is 11.5 Å². The molecule has 1 aliphatic rings. The minimum absolute atomic E-state index is 0.0472. The second-order valence-electron chi connectivity index (χ2n) is 7.13. The summed E-state index contributed by atoms with van der Waals surface area (Å²) in [5.74, 6) is 1.50. The summed E-state index contributed by atoms with van der Waals surface area (Å²) in [7, 11) is 4.13. The summed E-state index contributed by atoms with van der Waals surface area (Å²) >= 11 is 0. The van der Waals surface area contributed by atoms with Gasteiger partial charge in [-0.15, -0.1) is 0 Å². The Morgan fingerprint density at radius 1 is 1.04 bits per heavy atom. The Hall–Kier alpha value is -2.53. The highest BCUT2D eigenvalue weighted by Gasteiger charge is 2.24. The molecular weight excluding hydrogens is 340 g/mol. The van der Waals surface area contributed by atoms with E-state index in [1.807, 2.05) is 59.5 Å². The third-order valence-corrected chi connectivity index (χ3v) is 4.91. The van der Waals surface area contributed by atoms with E-state index in [4.69, 9.17) is 9.47 Å². The second kappa shape index (κ2) is 9.42. The number of ether oxygens (including phenoxy) is 2. The van der Waals surface area contributed by atoms with E-state index in [1.54, 1.807) is 0 Å². The molecule has 1 unspecified atom stereocenters. The predicted molar refractivity (Wildman–Crippen MR) is 106 cm³/mol. The first-order valence-corrected chi connectivity index (χ1v) is 9.45. The summed E-state index contributed by atoms with van der Waals surface area (Å²) in [6, 6.07) is 17.9. The van der Waals surface area contributed by atoms with Crippen LogP contribution in [0.3, 0.4) is 0 Å². The van der Waals surface area contributed by atoms with Gasteiger partial charge < -0.3 is 19.3 Å². The third kappa shape index (κ3) is 5.73. The number of carbonyl (C=O) groups excluding carboxylic acids is 1. The van der Waals surface area contributed by atoms with Crippen LogP contribution < -0.4 is 9.47 Å². The third-order valence-electron chi connectivity index (χ3n) is 4.91. The van der Waals surface area contributed by atoms with Crippen molar-refractivity contribution in [3.63, 3.8) is 0 Å². The Morgan fingerprint density at radius 3 is 2.37 bits per heavy atom. The van der Waals surface area contributed by atoms with Crippen LogP contribution in [-0.4, -0.2) is 55.5 Å². The minimum atomic E-state index is 0.0472. The number of hydrogen-bond acceptors (Lipinski definition) is 4. The number of benzene rings is 2. The topological polar surface area (TPSA) is 42.0 Å². The van der Waals surface area contributed by atoms with Crippen molar-refractivity contribution in [2.45, 2.75) is 25.5 Å². The van der Waals surface area contributed by atoms with Gasteiger partial charge in [0.15, 0.2) is 6.61 Å². The molecule has 1 aliphatic heterocycles. The smallest absolute Gasteiger partial charge is 0.260 e. The lowest BCUT2D eigenvalue weighted by molar-refractivity contribution is -0.135. The van der Waals surface area contributed by atoms with Crippen LogP contribution >= 0.6 is 0 Å². The molecular formula is C22H28N2O3. The zero-order valence-corrected chi connectivity index (χ0v) is 16.1. The Morgan fingerprint density at radius 2 is 1.70 bits per heavy atom. The lowest BCUT2D eigenvalue weighted by Gasteiger charge is -2.36. The molecule has 0 aliphatic carbocycles. The lowest BCUT2D eigenvalue weighted by Crippen LogP contribution is -2.48. The number of carbonyl (C=O) groups is 1. The molecule has 0 radical (unpaired) electrons. The summed E-state index contributed by atoms with van der Waals surface area (Å²) < 4.78 is 11.4. The predicted octanol–water partition coefficient (Wildman–Crippen LogP) is 3.20. The van der Waals surface area contributed by atoms with Crippen LogP contribution in [0, 0.1) is 0 Å². The van der Waals surface area contributed by atoms with Gasteiger partial charge in [0.2, 0.25) is 0 Å². The minimum Gasteiger partial charge on any atom is -0.489 e. The molecule has 5 nitrogen and oxygen atoms in total. The molecule has 1 amide bonds. The second-order valence-corrected chi connectivity index (χ2v) is 7.13. The Labute approximate surface area is 161 Å². The van der Waals surface area contributed by atoms with Gasteiger partial charge in [-0.1, -0.05) is 30.3 Å². The van der Waals surface area contributed by atoms with Crippen molar-refractivity contribution in [2.24, 2.45) is 0 Å². The number of nitrogens with zero attached hydrogens (tertiary/aromatic N) is 2. The molecule has 1 saturated heterocycles. The van der Waals surface area contributed by atoms with Gasteiger partial charge in [0.25, 0.3) is 5.91 Å². The highest BCUT2D eigenvalue weighted by molar-refractivity contribution is 5.78. The average Bonchev–Trinajstić information content (AvgIpc) is 2.72. The van der Waals surface area contributed by atoms with E-state index in [0.717, 1.165) is 37.2 Å². The van der Waals surface area contributed by atoms with Gasteiger partial charge in [-0.05, 0) is 56.8 Å². The Bertz CT molecular complexity index is 716. The molecule has 0 bridgehead atoms. The van der Waals surface area contributed by atoms with Crippen LogP contribution in [0.15, 0.2) is 54.6 Å². The number of likely N-dealkylation sites (N-methyl/N-ethyl adjacent to an activating group) is 1. The van der Waals surface area contributed by atoms with Gasteiger partial charge in [-0.25, -0.2) is 0 Å². The van der Waals surface area contributed by atoms with Crippen molar-refractivity contribution in [3.05, 3.63) is 60.2 Å². The molecule has 5 heteroatoms. The normalized spacial score (nSPS) is 17.0. The van der Waals surface area contributed by atoms with E-state index in [0.29, 0.717) is 18.4 Å². The van der Waals surface area contributed by atoms with Gasteiger partial charge in [-0.3, -0.25) is 4.79 Å². The van der Waals surface area contributed by atoms with Crippen LogP contribution in [0.2, 0.25) is 0 Å². The summed E-state index contributed by atoms with van der Waals surface area (Å²) in [6.45, 7) is 2.20. The van der Waals surface area contributed by atoms with Crippen LogP contribution in [0.1, 0.15) is 18.4 Å². The van der Waals surface area contributed by atoms with Gasteiger partial charge in [0.05, 0.1) is 0 Å². The first-order valence-electron chi connectivity index (χ1n) is 9.45. The standard InChI is InChI=1S/C22H28N2O3/c1-23(2)19-9-6-14-24(15-19)22(25)17-27-21-12-10-20(11-13-21)26-16-18-7-4-3-5-8-18/h3-5,7-8,10-13,19H,6,9,14-17H2,1-2H3. The van der Waals surface area contributed by atoms with Crippen molar-refractivity contribution < 1.29 is 14.3 Å². The molecule has 1 heterocycles. The molecule has 1 atom stereocenters. The van der Waals surface area contributed by atoms with Gasteiger partial charge in [0, 0.05) is 19.1 Å². The summed E-state index contributed by atoms with van der Waals surface area (Å²) in [6.07, 6.45) is 2.18. The number of piperidine rings is 1. The van der Waals surface area contributed by atoms with Crippen LogP contribution in [-0.2, 0) is 11.4 Å². The number of hydrogen-bond donors (Lipinski definition) is 0. The molecule has 2 aromatic carbocycles. The highest BCUT2D eigenvalue weighted by atomic mass is 16.5. The maximum absolute atomic E-state index is 12.4. The molecule has 2 aromatic rings. The fraction of sp³-hybridized carbons (Fsp3) is 0.409. The van der Waals surface area contributed by atoms with Crippen molar-refractivity contribution in [3.8, 4) is 11.5 Å². The monoisotopic (exact) mass is 368 g/mol. The van der Waals surface area contributed by atoms with Crippen molar-refractivity contribution >= 4 is 5.91 Å². The van der Waals surface area contributed by atoms with Crippen molar-refractivity contribution in [1.29, 1.82) is 0 Å². The van der Waals surface area contributed by atoms with Gasteiger partial charge in [-0.2, -0.15) is 0 Å². The SMILES string of the molecule is CN(C)C1CCCN(C(=O)COc2ccc(OCc3ccccc3)cc2)C1. The Balaban J connectivity index is 1.45. The first kappa shape index (κ1) is 19.2. The van der Waals surface area contributed by atoms with E-state index in [-0.39, 0.29) is 12.5 Å². The molecule has 0 aromatic heterocycles. The zero-order valence-electron chi connectivity index (χ0n) is 16.1. The largest absolute Gasteiger partial charge is 0.489 e. The fourth-order valence-electron chi connectivity index (χ4n) is 3.21. The summed E-state index contributed by atoms with van der Waals surface area (Å²) in [5, 5.41) is 0. The van der Waals surface area contributed by atoms with E-state index in [9.17, 15) is 4.79 Å². The maximum Gasteiger partial charge on any atom is 0.260 e.